The minimum absolute atomic E-state index is 0.258. The third kappa shape index (κ3) is 6.38. The van der Waals surface area contributed by atoms with E-state index in [0.29, 0.717) is 30.8 Å². The number of hydrogen-bond donors (Lipinski definition) is 2. The van der Waals surface area contributed by atoms with Crippen molar-refractivity contribution in [2.45, 2.75) is 60.2 Å². The third-order valence-electron chi connectivity index (χ3n) is 3.37. The Morgan fingerprint density at radius 1 is 1.23 bits per heavy atom. The molecule has 1 aromatic carbocycles. The molecule has 0 aliphatic rings. The number of aliphatic imine (C=N–C) groups is 1. The topological polar surface area (TPSA) is 84.6 Å². The number of nitrogens with one attached hydrogen (secondary N) is 2. The highest BCUT2D eigenvalue weighted by Gasteiger charge is 2.15. The van der Waals surface area contributed by atoms with Crippen LogP contribution in [0.25, 0.3) is 0 Å². The van der Waals surface area contributed by atoms with Crippen molar-refractivity contribution in [1.82, 2.24) is 20.8 Å². The van der Waals surface area contributed by atoms with E-state index >= 15 is 0 Å². The summed E-state index contributed by atoms with van der Waals surface area (Å²) in [5.74, 6) is 2.70. The predicted molar refractivity (Wildman–Crippen MR) is 102 cm³/mol. The van der Waals surface area contributed by atoms with E-state index in [4.69, 9.17) is 9.26 Å². The van der Waals surface area contributed by atoms with Crippen LogP contribution < -0.4 is 15.4 Å². The van der Waals surface area contributed by atoms with Crippen LogP contribution in [-0.4, -0.2) is 28.2 Å². The normalized spacial score (nSPS) is 12.2. The summed E-state index contributed by atoms with van der Waals surface area (Å²) in [4.78, 5) is 8.84. The number of guanidine groups is 1. The summed E-state index contributed by atoms with van der Waals surface area (Å²) < 4.78 is 11.1. The second-order valence-electron chi connectivity index (χ2n) is 7.10. The van der Waals surface area contributed by atoms with Gasteiger partial charge in [-0.05, 0) is 46.2 Å². The lowest BCUT2D eigenvalue weighted by molar-refractivity contribution is 0.129. The maximum absolute atomic E-state index is 6.10. The van der Waals surface area contributed by atoms with Gasteiger partial charge in [0.2, 0.25) is 5.89 Å². The SMILES string of the molecule is CCNC(=NCc1ccc(C)cc1OC(C)(C)C)NCc1noc(C)n1. The van der Waals surface area contributed by atoms with Crippen molar-refractivity contribution >= 4 is 5.96 Å². The van der Waals surface area contributed by atoms with Crippen LogP contribution in [0.5, 0.6) is 5.75 Å². The molecule has 0 bridgehead atoms. The van der Waals surface area contributed by atoms with E-state index in [2.05, 4.69) is 50.9 Å². The van der Waals surface area contributed by atoms with E-state index < -0.39 is 0 Å². The van der Waals surface area contributed by atoms with E-state index in [1.54, 1.807) is 6.92 Å². The molecule has 1 heterocycles. The standard InChI is InChI=1S/C19H29N5O2/c1-7-20-18(22-12-17-23-14(3)26-24-17)21-11-15-9-8-13(2)10-16(15)25-19(4,5)6/h8-10H,7,11-12H2,1-6H3,(H2,20,21,22). The van der Waals surface area contributed by atoms with Gasteiger partial charge in [-0.25, -0.2) is 4.99 Å². The molecule has 0 amide bonds. The zero-order chi connectivity index (χ0) is 19.2. The Labute approximate surface area is 155 Å². The average Bonchev–Trinajstić information content (AvgIpc) is 2.95. The van der Waals surface area contributed by atoms with E-state index in [9.17, 15) is 0 Å². The van der Waals surface area contributed by atoms with E-state index in [0.717, 1.165) is 23.4 Å². The lowest BCUT2D eigenvalue weighted by Crippen LogP contribution is -2.37. The molecular formula is C19H29N5O2. The number of benzene rings is 1. The first-order valence-corrected chi connectivity index (χ1v) is 8.86. The molecule has 7 nitrogen and oxygen atoms in total. The first-order valence-electron chi connectivity index (χ1n) is 8.86. The van der Waals surface area contributed by atoms with Gasteiger partial charge in [0, 0.05) is 19.0 Å². The molecule has 0 atom stereocenters. The summed E-state index contributed by atoms with van der Waals surface area (Å²) in [6.45, 7) is 13.7. The number of hydrogen-bond acceptors (Lipinski definition) is 5. The minimum atomic E-state index is -0.258. The maximum atomic E-state index is 6.10. The summed E-state index contributed by atoms with van der Waals surface area (Å²) in [5.41, 5.74) is 1.94. The van der Waals surface area contributed by atoms with Gasteiger partial charge in [0.15, 0.2) is 11.8 Å². The summed E-state index contributed by atoms with van der Waals surface area (Å²) in [5, 5.41) is 10.3. The number of aromatic nitrogens is 2. The van der Waals surface area contributed by atoms with Crippen molar-refractivity contribution in [3.63, 3.8) is 0 Å². The number of ether oxygens (including phenoxy) is 1. The minimum Gasteiger partial charge on any atom is -0.488 e. The monoisotopic (exact) mass is 359 g/mol. The summed E-state index contributed by atoms with van der Waals surface area (Å²) >= 11 is 0. The Hall–Kier alpha value is -2.57. The molecule has 26 heavy (non-hydrogen) atoms. The average molecular weight is 359 g/mol. The molecule has 0 saturated heterocycles. The van der Waals surface area contributed by atoms with Crippen LogP contribution >= 0.6 is 0 Å². The highest BCUT2D eigenvalue weighted by molar-refractivity contribution is 5.79. The highest BCUT2D eigenvalue weighted by Crippen LogP contribution is 2.25. The van der Waals surface area contributed by atoms with Gasteiger partial charge in [-0.2, -0.15) is 4.98 Å². The highest BCUT2D eigenvalue weighted by atomic mass is 16.5. The van der Waals surface area contributed by atoms with Gasteiger partial charge in [-0.3, -0.25) is 0 Å². The lowest BCUT2D eigenvalue weighted by Gasteiger charge is -2.23. The van der Waals surface area contributed by atoms with Crippen molar-refractivity contribution in [2.75, 3.05) is 6.54 Å². The molecule has 0 fully saturated rings. The van der Waals surface area contributed by atoms with E-state index in [1.807, 2.05) is 27.7 Å². The zero-order valence-electron chi connectivity index (χ0n) is 16.5. The van der Waals surface area contributed by atoms with Gasteiger partial charge in [-0.15, -0.1) is 0 Å². The van der Waals surface area contributed by atoms with Gasteiger partial charge in [0.25, 0.3) is 0 Å². The van der Waals surface area contributed by atoms with Crippen molar-refractivity contribution in [2.24, 2.45) is 4.99 Å². The Morgan fingerprint density at radius 2 is 2.00 bits per heavy atom. The maximum Gasteiger partial charge on any atom is 0.223 e. The van der Waals surface area contributed by atoms with Crippen LogP contribution in [0.4, 0.5) is 0 Å². The number of nitrogens with zero attached hydrogens (tertiary/aromatic N) is 3. The Morgan fingerprint density at radius 3 is 2.62 bits per heavy atom. The lowest BCUT2D eigenvalue weighted by atomic mass is 10.1. The molecular weight excluding hydrogens is 330 g/mol. The molecule has 2 N–H and O–H groups in total. The fourth-order valence-electron chi connectivity index (χ4n) is 2.30. The number of rotatable bonds is 6. The van der Waals surface area contributed by atoms with Crippen LogP contribution in [0.1, 0.15) is 50.5 Å². The zero-order valence-corrected chi connectivity index (χ0v) is 16.5. The molecule has 2 aromatic rings. The molecule has 2 rings (SSSR count). The summed E-state index contributed by atoms with van der Waals surface area (Å²) in [6, 6.07) is 6.19. The van der Waals surface area contributed by atoms with E-state index in [1.165, 1.54) is 0 Å². The van der Waals surface area contributed by atoms with Crippen molar-refractivity contribution in [3.8, 4) is 5.75 Å². The molecule has 0 radical (unpaired) electrons. The van der Waals surface area contributed by atoms with Gasteiger partial charge in [0.1, 0.15) is 11.4 Å². The second kappa shape index (κ2) is 8.69. The Kier molecular flexibility index (Phi) is 6.60. The molecule has 142 valence electrons. The van der Waals surface area contributed by atoms with Crippen molar-refractivity contribution in [1.29, 1.82) is 0 Å². The fraction of sp³-hybridized carbons (Fsp3) is 0.526. The summed E-state index contributed by atoms with van der Waals surface area (Å²) in [7, 11) is 0. The van der Waals surface area contributed by atoms with Crippen LogP contribution in [0.2, 0.25) is 0 Å². The second-order valence-corrected chi connectivity index (χ2v) is 7.10. The number of aryl methyl sites for hydroxylation is 2. The first kappa shape index (κ1) is 19.8. The quantitative estimate of drug-likeness (QED) is 0.609. The predicted octanol–water partition coefficient (Wildman–Crippen LogP) is 3.12. The molecule has 0 aliphatic heterocycles. The van der Waals surface area contributed by atoms with Crippen LogP contribution in [-0.2, 0) is 13.1 Å². The molecule has 7 heteroatoms. The molecule has 0 saturated carbocycles. The van der Waals surface area contributed by atoms with Gasteiger partial charge < -0.3 is 19.9 Å². The van der Waals surface area contributed by atoms with Crippen molar-refractivity contribution < 1.29 is 9.26 Å². The largest absolute Gasteiger partial charge is 0.488 e. The fourth-order valence-corrected chi connectivity index (χ4v) is 2.30. The van der Waals surface area contributed by atoms with Crippen molar-refractivity contribution in [3.05, 3.63) is 41.0 Å². The Balaban J connectivity index is 2.10. The molecule has 0 aliphatic carbocycles. The first-order chi connectivity index (χ1) is 12.3. The van der Waals surface area contributed by atoms with Crippen LogP contribution in [0.3, 0.4) is 0 Å². The molecule has 1 aromatic heterocycles. The van der Waals surface area contributed by atoms with E-state index in [-0.39, 0.29) is 5.60 Å². The van der Waals surface area contributed by atoms with Crippen LogP contribution in [0, 0.1) is 13.8 Å². The van der Waals surface area contributed by atoms with Crippen LogP contribution in [0.15, 0.2) is 27.7 Å². The molecule has 0 unspecified atom stereocenters. The Bertz CT molecular complexity index is 747. The van der Waals surface area contributed by atoms with Gasteiger partial charge >= 0.3 is 0 Å². The third-order valence-corrected chi connectivity index (χ3v) is 3.37. The van der Waals surface area contributed by atoms with Gasteiger partial charge in [0.05, 0.1) is 13.1 Å². The molecule has 0 spiro atoms. The summed E-state index contributed by atoms with van der Waals surface area (Å²) in [6.07, 6.45) is 0. The van der Waals surface area contributed by atoms with Gasteiger partial charge in [-0.1, -0.05) is 17.3 Å². The smallest absolute Gasteiger partial charge is 0.223 e.